The molecule has 0 aliphatic carbocycles. The van der Waals surface area contributed by atoms with Crippen molar-refractivity contribution in [1.82, 2.24) is 14.2 Å². The number of benzene rings is 1. The Hall–Kier alpha value is -1.28. The zero-order valence-electron chi connectivity index (χ0n) is 12.6. The van der Waals surface area contributed by atoms with E-state index in [0.717, 1.165) is 24.1 Å². The van der Waals surface area contributed by atoms with Gasteiger partial charge in [0.1, 0.15) is 4.90 Å². The maximum absolute atomic E-state index is 12.6. The lowest BCUT2D eigenvalue weighted by molar-refractivity contribution is 0.181. The smallest absolute Gasteiger partial charge is 0.244 e. The number of aromatic nitrogens is 1. The predicted molar refractivity (Wildman–Crippen MR) is 92.4 cm³/mol. The number of sulfonamides is 1. The number of piperazine rings is 1. The maximum Gasteiger partial charge on any atom is 0.244 e. The molecule has 0 atom stereocenters. The first-order valence-electron chi connectivity index (χ1n) is 7.43. The lowest BCUT2D eigenvalue weighted by Crippen LogP contribution is -2.48. The SMILES string of the molecule is O=S(=O)(c1cccnc1)N1CCN(Cc2ccccc2Br)CC1. The van der Waals surface area contributed by atoms with Crippen molar-refractivity contribution in [3.05, 3.63) is 58.8 Å². The predicted octanol–water partition coefficient (Wildman–Crippen LogP) is 2.35. The second-order valence-corrected chi connectivity index (χ2v) is 8.25. The third-order valence-corrected chi connectivity index (χ3v) is 6.61. The molecule has 7 heteroatoms. The van der Waals surface area contributed by atoms with Crippen LogP contribution in [0.25, 0.3) is 0 Å². The number of pyridine rings is 1. The highest BCUT2D eigenvalue weighted by Gasteiger charge is 2.28. The van der Waals surface area contributed by atoms with Crippen molar-refractivity contribution in [2.24, 2.45) is 0 Å². The molecule has 1 aliphatic rings. The van der Waals surface area contributed by atoms with E-state index in [-0.39, 0.29) is 4.90 Å². The van der Waals surface area contributed by atoms with E-state index in [9.17, 15) is 8.42 Å². The van der Waals surface area contributed by atoms with Gasteiger partial charge in [0.2, 0.25) is 10.0 Å². The lowest BCUT2D eigenvalue weighted by Gasteiger charge is -2.34. The molecule has 5 nitrogen and oxygen atoms in total. The quantitative estimate of drug-likeness (QED) is 0.796. The van der Waals surface area contributed by atoms with Gasteiger partial charge in [-0.2, -0.15) is 4.31 Å². The fourth-order valence-corrected chi connectivity index (χ4v) is 4.44. The van der Waals surface area contributed by atoms with E-state index in [0.29, 0.717) is 13.1 Å². The summed E-state index contributed by atoms with van der Waals surface area (Å²) in [6.45, 7) is 3.27. The Balaban J connectivity index is 1.64. The molecule has 3 rings (SSSR count). The highest BCUT2D eigenvalue weighted by Crippen LogP contribution is 2.20. The number of hydrogen-bond donors (Lipinski definition) is 0. The molecular formula is C16H18BrN3O2S. The van der Waals surface area contributed by atoms with Gasteiger partial charge in [-0.1, -0.05) is 34.1 Å². The molecule has 1 saturated heterocycles. The molecule has 0 radical (unpaired) electrons. The molecule has 23 heavy (non-hydrogen) atoms. The number of halogens is 1. The van der Waals surface area contributed by atoms with Gasteiger partial charge < -0.3 is 0 Å². The minimum atomic E-state index is -3.43. The van der Waals surface area contributed by atoms with Crippen LogP contribution in [0.15, 0.2) is 58.2 Å². The Morgan fingerprint density at radius 1 is 1.04 bits per heavy atom. The van der Waals surface area contributed by atoms with Crippen LogP contribution in [0.4, 0.5) is 0 Å². The van der Waals surface area contributed by atoms with Crippen LogP contribution < -0.4 is 0 Å². The van der Waals surface area contributed by atoms with Crippen LogP contribution >= 0.6 is 15.9 Å². The topological polar surface area (TPSA) is 53.5 Å². The molecule has 0 bridgehead atoms. The summed E-state index contributed by atoms with van der Waals surface area (Å²) in [7, 11) is -3.43. The van der Waals surface area contributed by atoms with E-state index in [1.165, 1.54) is 11.8 Å². The van der Waals surface area contributed by atoms with Crippen LogP contribution in [0, 0.1) is 0 Å². The number of hydrogen-bond acceptors (Lipinski definition) is 4. The minimum Gasteiger partial charge on any atom is -0.296 e. The third-order valence-electron chi connectivity index (χ3n) is 3.96. The monoisotopic (exact) mass is 395 g/mol. The van der Waals surface area contributed by atoms with Gasteiger partial charge in [-0.3, -0.25) is 9.88 Å². The summed E-state index contributed by atoms with van der Waals surface area (Å²) < 4.78 is 27.8. The van der Waals surface area contributed by atoms with Crippen molar-refractivity contribution < 1.29 is 8.42 Å². The van der Waals surface area contributed by atoms with Crippen molar-refractivity contribution in [2.45, 2.75) is 11.4 Å². The molecule has 2 aromatic rings. The van der Waals surface area contributed by atoms with E-state index in [4.69, 9.17) is 0 Å². The first-order valence-corrected chi connectivity index (χ1v) is 9.66. The van der Waals surface area contributed by atoms with E-state index >= 15 is 0 Å². The highest BCUT2D eigenvalue weighted by atomic mass is 79.9. The Bertz CT molecular complexity index is 760. The second-order valence-electron chi connectivity index (χ2n) is 5.46. The molecule has 0 saturated carbocycles. The Morgan fingerprint density at radius 2 is 1.78 bits per heavy atom. The van der Waals surface area contributed by atoms with Crippen molar-refractivity contribution >= 4 is 26.0 Å². The molecule has 0 spiro atoms. The van der Waals surface area contributed by atoms with Gasteiger partial charge in [0.25, 0.3) is 0 Å². The molecule has 1 fully saturated rings. The Labute approximate surface area is 145 Å². The molecule has 1 aromatic heterocycles. The van der Waals surface area contributed by atoms with Gasteiger partial charge in [-0.25, -0.2) is 8.42 Å². The fourth-order valence-electron chi connectivity index (χ4n) is 2.64. The van der Waals surface area contributed by atoms with E-state index < -0.39 is 10.0 Å². The normalized spacial score (nSPS) is 17.3. The summed E-state index contributed by atoms with van der Waals surface area (Å²) in [6.07, 6.45) is 2.98. The van der Waals surface area contributed by atoms with Crippen molar-refractivity contribution in [3.63, 3.8) is 0 Å². The molecule has 1 aromatic carbocycles. The molecular weight excluding hydrogens is 378 g/mol. The molecule has 122 valence electrons. The third kappa shape index (κ3) is 3.80. The molecule has 1 aliphatic heterocycles. The standard InChI is InChI=1S/C16H18BrN3O2S/c17-16-6-2-1-4-14(16)13-19-8-10-20(11-9-19)23(21,22)15-5-3-7-18-12-15/h1-7,12H,8-11,13H2. The van der Waals surface area contributed by atoms with Gasteiger partial charge in [-0.15, -0.1) is 0 Å². The number of rotatable bonds is 4. The Morgan fingerprint density at radius 3 is 2.43 bits per heavy atom. The average Bonchev–Trinajstić information content (AvgIpc) is 2.58. The van der Waals surface area contributed by atoms with E-state index in [1.807, 2.05) is 18.2 Å². The highest BCUT2D eigenvalue weighted by molar-refractivity contribution is 9.10. The minimum absolute atomic E-state index is 0.263. The maximum atomic E-state index is 12.6. The van der Waals surface area contributed by atoms with Crippen LogP contribution in [0.3, 0.4) is 0 Å². The van der Waals surface area contributed by atoms with Crippen LogP contribution in [0.1, 0.15) is 5.56 Å². The zero-order valence-corrected chi connectivity index (χ0v) is 15.0. The van der Waals surface area contributed by atoms with Crippen molar-refractivity contribution in [3.8, 4) is 0 Å². The molecule has 0 unspecified atom stereocenters. The summed E-state index contributed by atoms with van der Waals surface area (Å²) in [5.74, 6) is 0. The first kappa shape index (κ1) is 16.6. The van der Waals surface area contributed by atoms with E-state index in [1.54, 1.807) is 22.6 Å². The van der Waals surface area contributed by atoms with Crippen molar-refractivity contribution in [2.75, 3.05) is 26.2 Å². The lowest BCUT2D eigenvalue weighted by atomic mass is 10.2. The van der Waals surface area contributed by atoms with Crippen LogP contribution in [0.2, 0.25) is 0 Å². The van der Waals surface area contributed by atoms with Crippen LogP contribution in [0.5, 0.6) is 0 Å². The van der Waals surface area contributed by atoms with Gasteiger partial charge in [0, 0.05) is 49.6 Å². The fraction of sp³-hybridized carbons (Fsp3) is 0.312. The van der Waals surface area contributed by atoms with Gasteiger partial charge in [0.05, 0.1) is 0 Å². The second kappa shape index (κ2) is 7.09. The van der Waals surface area contributed by atoms with E-state index in [2.05, 4.69) is 31.9 Å². The number of nitrogens with zero attached hydrogens (tertiary/aromatic N) is 3. The summed E-state index contributed by atoms with van der Waals surface area (Å²) >= 11 is 3.56. The summed E-state index contributed by atoms with van der Waals surface area (Å²) in [5, 5.41) is 0. The summed E-state index contributed by atoms with van der Waals surface area (Å²) in [6, 6.07) is 11.4. The van der Waals surface area contributed by atoms with Crippen molar-refractivity contribution in [1.29, 1.82) is 0 Å². The van der Waals surface area contributed by atoms with Gasteiger partial charge >= 0.3 is 0 Å². The largest absolute Gasteiger partial charge is 0.296 e. The van der Waals surface area contributed by atoms with Crippen LogP contribution in [-0.4, -0.2) is 48.8 Å². The zero-order chi connectivity index (χ0) is 16.3. The Kier molecular flexibility index (Phi) is 5.11. The van der Waals surface area contributed by atoms with Crippen LogP contribution in [-0.2, 0) is 16.6 Å². The van der Waals surface area contributed by atoms with Gasteiger partial charge in [0.15, 0.2) is 0 Å². The molecule has 0 N–H and O–H groups in total. The molecule has 2 heterocycles. The first-order chi connectivity index (χ1) is 11.1. The summed E-state index contributed by atoms with van der Waals surface area (Å²) in [5.41, 5.74) is 1.22. The summed E-state index contributed by atoms with van der Waals surface area (Å²) in [4.78, 5) is 6.44. The average molecular weight is 396 g/mol. The molecule has 0 amide bonds. The van der Waals surface area contributed by atoms with Gasteiger partial charge in [-0.05, 0) is 23.8 Å².